The smallest absolute Gasteiger partial charge is 0.316 e. The van der Waals surface area contributed by atoms with Crippen molar-refractivity contribution in [2.24, 2.45) is 96.1 Å². The maximum absolute atomic E-state index is 14.6. The Hall–Kier alpha value is -8.21. The van der Waals surface area contributed by atoms with Gasteiger partial charge in [0.15, 0.2) is 11.6 Å². The van der Waals surface area contributed by atoms with Gasteiger partial charge in [-0.25, -0.2) is 15.0 Å². The minimum atomic E-state index is -1.75. The van der Waals surface area contributed by atoms with E-state index in [1.54, 1.807) is 26.0 Å². The van der Waals surface area contributed by atoms with Crippen molar-refractivity contribution in [3.05, 3.63) is 63.6 Å². The van der Waals surface area contributed by atoms with Crippen LogP contribution in [0, 0.1) is 119 Å². The molecule has 23 nitrogen and oxygen atoms in total. The summed E-state index contributed by atoms with van der Waals surface area (Å²) in [5, 5.41) is 65.7. The number of Topliss-reactive ketones (excluding diaryl/α,β-unsaturated/α-hetero) is 2. The number of esters is 2. The fourth-order valence-corrected chi connectivity index (χ4v) is 24.7. The van der Waals surface area contributed by atoms with Crippen molar-refractivity contribution in [1.29, 1.82) is 10.5 Å². The average molecular weight is 1480 g/mol. The van der Waals surface area contributed by atoms with E-state index < -0.39 is 63.7 Å². The van der Waals surface area contributed by atoms with Crippen LogP contribution >= 0.6 is 0 Å². The van der Waals surface area contributed by atoms with Gasteiger partial charge in [0, 0.05) is 37.1 Å². The summed E-state index contributed by atoms with van der Waals surface area (Å²) in [6.45, 7) is 36.7. The van der Waals surface area contributed by atoms with Crippen molar-refractivity contribution < 1.29 is 57.3 Å². The first-order valence-electron chi connectivity index (χ1n) is 39.9. The van der Waals surface area contributed by atoms with E-state index in [1.165, 1.54) is 24.9 Å². The fourth-order valence-electron chi connectivity index (χ4n) is 24.7. The number of anilines is 2. The van der Waals surface area contributed by atoms with Crippen molar-refractivity contribution in [2.75, 3.05) is 10.6 Å². The van der Waals surface area contributed by atoms with E-state index in [0.717, 1.165) is 93.8 Å². The Bertz CT molecular complexity index is 4440. The maximum atomic E-state index is 14.6. The fraction of sp³-hybridized carbons (Fsp3) is 0.706. The number of ether oxygens (including phenoxy) is 2. The number of hydrogen-bond donors (Lipinski definition) is 4. The van der Waals surface area contributed by atoms with Crippen LogP contribution in [-0.2, 0) is 44.7 Å². The number of carboxylic acid groups (broad SMARTS) is 2. The van der Waals surface area contributed by atoms with Gasteiger partial charge < -0.3 is 39.2 Å². The Balaban J connectivity index is 0.682. The van der Waals surface area contributed by atoms with Crippen LogP contribution in [0.4, 0.5) is 12.0 Å². The van der Waals surface area contributed by atoms with Gasteiger partial charge in [-0.15, -0.1) is 10.2 Å². The van der Waals surface area contributed by atoms with E-state index in [2.05, 4.69) is 137 Å². The zero-order valence-electron chi connectivity index (χ0n) is 66.6. The first-order valence-corrected chi connectivity index (χ1v) is 39.9. The molecule has 4 aromatic rings. The molecular formula is C85H113N11O12. The van der Waals surface area contributed by atoms with Gasteiger partial charge in [0.1, 0.15) is 30.0 Å². The number of pyridine rings is 1. The lowest BCUT2D eigenvalue weighted by Crippen LogP contribution is -2.66. The summed E-state index contributed by atoms with van der Waals surface area (Å²) in [5.41, 5.74) is -0.802. The molecule has 580 valence electrons. The third kappa shape index (κ3) is 12.4. The van der Waals surface area contributed by atoms with Gasteiger partial charge in [-0.1, -0.05) is 107 Å². The molecule has 9 aliphatic rings. The predicted molar refractivity (Wildman–Crippen MR) is 401 cm³/mol. The molecule has 1 unspecified atom stereocenters. The topological polar surface area (TPSA) is 349 Å². The number of carbonyl (C=O) groups excluding carboxylic acids is 4. The largest absolute Gasteiger partial charge is 0.481 e. The molecule has 17 atom stereocenters. The number of fused-ring (bicyclic) bond motifs is 12. The number of ketones is 2. The van der Waals surface area contributed by atoms with Gasteiger partial charge in [0.2, 0.25) is 5.82 Å². The Labute approximate surface area is 635 Å². The second kappa shape index (κ2) is 27.4. The number of nitriles is 2. The van der Waals surface area contributed by atoms with Crippen molar-refractivity contribution >= 4 is 47.5 Å². The van der Waals surface area contributed by atoms with Crippen LogP contribution < -0.4 is 10.6 Å². The van der Waals surface area contributed by atoms with Crippen LogP contribution in [0.2, 0.25) is 0 Å². The number of aliphatic carboxylic acids is 2. The van der Waals surface area contributed by atoms with E-state index in [0.29, 0.717) is 61.8 Å². The highest BCUT2D eigenvalue weighted by Crippen LogP contribution is 2.77. The molecule has 0 amide bonds. The van der Waals surface area contributed by atoms with Gasteiger partial charge in [-0.05, 0) is 244 Å². The summed E-state index contributed by atoms with van der Waals surface area (Å²) < 4.78 is 25.2. The lowest BCUT2D eigenvalue weighted by molar-refractivity contribution is -0.231. The molecule has 0 spiro atoms. The normalized spacial score (nSPS) is 34.8. The van der Waals surface area contributed by atoms with Crippen molar-refractivity contribution in [2.45, 2.75) is 282 Å². The molecule has 7 fully saturated rings. The molecule has 0 bridgehead atoms. The van der Waals surface area contributed by atoms with E-state index in [4.69, 9.17) is 23.3 Å². The van der Waals surface area contributed by atoms with E-state index in [9.17, 15) is 49.5 Å². The minimum Gasteiger partial charge on any atom is -0.481 e. The Kier molecular flexibility index (Phi) is 19.7. The molecule has 4 aromatic heterocycles. The molecule has 7 saturated carbocycles. The first kappa shape index (κ1) is 77.9. The highest BCUT2D eigenvalue weighted by Gasteiger charge is 2.72. The van der Waals surface area contributed by atoms with E-state index in [-0.39, 0.29) is 146 Å². The number of rotatable bonds is 22. The Morgan fingerprint density at radius 1 is 0.648 bits per heavy atom. The van der Waals surface area contributed by atoms with Crippen molar-refractivity contribution in [1.82, 2.24) is 35.3 Å². The van der Waals surface area contributed by atoms with Crippen LogP contribution in [0.15, 0.2) is 55.7 Å². The van der Waals surface area contributed by atoms with Crippen LogP contribution in [0.3, 0.4) is 0 Å². The SMILES string of the molecule is CC[C@H](CC[C@@]1(C)[C@H](C)CC[C@]2(C)[C@@H]1CC[C@@H]1C3=C(C(C)C)C(=O)C[C@]3(Nc3nnc(-c4ccc(C#N)c(CC(C)(CC(=O)O[C@H]5CC[C@]6(C)[C@H]7CC[C@@H]8C9=C(C(C)C)C(=O)C[C@]9(Nc9nnc(-c%10ncc(C#N)cn%10)o9)CC[C@@]8(C)[C@]7(C)CC[C@H]6C5(C)C)C(=O)O)n4)o3)CC[C@]12C)OC(=O)CC(C)(C)C(=O)O. The van der Waals surface area contributed by atoms with Gasteiger partial charge in [-0.2, -0.15) is 10.5 Å². The predicted octanol–water partition coefficient (Wildman–Crippen LogP) is 16.4. The lowest BCUT2D eigenvalue weighted by Gasteiger charge is -2.72. The molecule has 0 radical (unpaired) electrons. The van der Waals surface area contributed by atoms with Gasteiger partial charge in [0.25, 0.3) is 11.8 Å². The summed E-state index contributed by atoms with van der Waals surface area (Å²) in [6.07, 6.45) is 15.9. The molecule has 23 heteroatoms. The molecule has 0 aliphatic heterocycles. The number of nitrogens with one attached hydrogen (secondary N) is 2. The van der Waals surface area contributed by atoms with E-state index in [1.807, 2.05) is 13.0 Å². The minimum absolute atomic E-state index is 0.000468. The molecule has 4 heterocycles. The van der Waals surface area contributed by atoms with Crippen LogP contribution in [0.5, 0.6) is 0 Å². The first-order chi connectivity index (χ1) is 50.7. The Morgan fingerprint density at radius 3 is 1.75 bits per heavy atom. The highest BCUT2D eigenvalue weighted by atomic mass is 16.5. The second-order valence-corrected chi connectivity index (χ2v) is 38.2. The van der Waals surface area contributed by atoms with Crippen LogP contribution in [-0.4, -0.2) is 104 Å². The third-order valence-corrected chi connectivity index (χ3v) is 31.2. The van der Waals surface area contributed by atoms with Crippen LogP contribution in [0.25, 0.3) is 23.3 Å². The third-order valence-electron chi connectivity index (χ3n) is 31.2. The van der Waals surface area contributed by atoms with Gasteiger partial charge >= 0.3 is 35.9 Å². The molecular weight excluding hydrogens is 1370 g/mol. The number of nitrogens with zero attached hydrogens (tertiary/aromatic N) is 9. The summed E-state index contributed by atoms with van der Waals surface area (Å²) in [6, 6.07) is 7.68. The zero-order valence-corrected chi connectivity index (χ0v) is 66.6. The zero-order chi connectivity index (χ0) is 78.2. The number of carbonyl (C=O) groups is 6. The average Bonchev–Trinajstić information content (AvgIpc) is 1.15. The maximum Gasteiger partial charge on any atom is 0.316 e. The number of carboxylic acids is 2. The van der Waals surface area contributed by atoms with E-state index >= 15 is 0 Å². The number of hydrogen-bond acceptors (Lipinski definition) is 21. The van der Waals surface area contributed by atoms with Crippen LogP contribution in [0.1, 0.15) is 269 Å². The summed E-state index contributed by atoms with van der Waals surface area (Å²) in [4.78, 5) is 95.7. The highest BCUT2D eigenvalue weighted by molar-refractivity contribution is 6.03. The number of aromatic nitrogens is 7. The standard InChI is InChI=1S/C85H113N11O12/c1-18-51(105-62(99)40-75(7,8)71(101)102)26-29-78(12)48(6)25-31-82(16)59(78)23-20-52-66-64(46(2)3)56(97)38-84(66,35-33-80(52,82)14)91-73-95-93-69(107-73)54-22-19-50(43-87)55(90-54)37-77(11,72(103)104)41-63(100)106-61-28-30-79(13)58(76(61,9)10)27-32-83(17)60(79)24-21-53-67-65(47(4)5)57(98)39-85(67,36-34-81(53,83)15)92-74-96-94-70(108-74)68-88-44-49(42-86)45-89-68/h19,22,44-48,51-53,58-61H,18,20-21,23-41H2,1-17H3,(H,91,95)(H,92,96)(H,101,102)(H,103,104)/t48-,51-,52-,53-,58+,59-,60-,61+,77?,78+,79+,80-,81-,82-,83-,84-,85-/m1/s1. The van der Waals surface area contributed by atoms with Crippen molar-refractivity contribution in [3.8, 4) is 35.4 Å². The molecule has 0 saturated heterocycles. The van der Waals surface area contributed by atoms with Crippen molar-refractivity contribution in [3.63, 3.8) is 0 Å². The molecule has 13 rings (SSSR count). The molecule has 4 N–H and O–H groups in total. The Morgan fingerprint density at radius 2 is 1.20 bits per heavy atom. The lowest BCUT2D eigenvalue weighted by atomic mass is 9.33. The molecule has 108 heavy (non-hydrogen) atoms. The molecule has 0 aromatic carbocycles. The van der Waals surface area contributed by atoms with Gasteiger partial charge in [0.05, 0.1) is 51.6 Å². The quantitative estimate of drug-likeness (QED) is 0.0531. The second-order valence-electron chi connectivity index (χ2n) is 38.2. The number of allylic oxidation sites excluding steroid dienone is 2. The molecule has 9 aliphatic carbocycles. The summed E-state index contributed by atoms with van der Waals surface area (Å²) >= 11 is 0. The summed E-state index contributed by atoms with van der Waals surface area (Å²) in [7, 11) is 0. The monoisotopic (exact) mass is 1480 g/mol. The van der Waals surface area contributed by atoms with Gasteiger partial charge in [-0.3, -0.25) is 28.8 Å². The summed E-state index contributed by atoms with van der Waals surface area (Å²) in [5.74, 6) is -1.37.